The van der Waals surface area contributed by atoms with Gasteiger partial charge in [0.15, 0.2) is 27.3 Å². The molecule has 2 saturated heterocycles. The van der Waals surface area contributed by atoms with E-state index in [2.05, 4.69) is 47.6 Å². The van der Waals surface area contributed by atoms with Crippen LogP contribution in [-0.4, -0.2) is 181 Å². The number of carbonyl (C=O) groups excluding carboxylic acids is 7. The number of likely N-dealkylation sites (tertiary alicyclic amines) is 2. The van der Waals surface area contributed by atoms with Crippen LogP contribution in [0.15, 0.2) is 89.4 Å². The SMILES string of the molecule is C=C[C@@H]1C[C@]1(CC(=O)[C@@H]1C[C@@H](Oc2cc(-c3csc(NC(C)C)n3)nc3cc(OCCOC)ccc23)CN1C(=O)[C@@H](N)C(C)(C)C)C(=O)OC.C=C[C@@H]1C[C@]1(CC(=O)[C@@H]1C[C@H](C)CN1C(=O)[C@@H](CC(=O)OC(C)(C)C)C(C)(C)C)C(=O)OC.COCCOc1ccc2c(=O)cc(-c3csc(NC(C)C)n3)[nH]c2c1. The van der Waals surface area contributed by atoms with Gasteiger partial charge in [-0.15, -0.1) is 35.8 Å². The summed E-state index contributed by atoms with van der Waals surface area (Å²) < 4.78 is 43.8. The van der Waals surface area contributed by atoms with E-state index in [0.717, 1.165) is 26.9 Å². The lowest BCUT2D eigenvalue weighted by molar-refractivity contribution is -0.161. The summed E-state index contributed by atoms with van der Waals surface area (Å²) in [6.45, 7) is 37.0. The van der Waals surface area contributed by atoms with E-state index in [4.69, 9.17) is 53.6 Å². The Bertz CT molecular complexity index is 4280. The summed E-state index contributed by atoms with van der Waals surface area (Å²) in [6, 6.07) is 12.6. The van der Waals surface area contributed by atoms with Crippen LogP contribution in [-0.2, 0) is 57.2 Å². The number of H-pyrrole nitrogens is 1. The maximum Gasteiger partial charge on any atom is 0.312 e. The number of esters is 3. The number of fused-ring (bicyclic) bond motifs is 2. The molecular formula is C81H111N9O16S2. The number of nitrogens with two attached hydrogens (primary N) is 1. The summed E-state index contributed by atoms with van der Waals surface area (Å²) in [5.74, 6) is -1.06. The molecule has 10 atom stereocenters. The molecule has 6 aromatic rings. The molecule has 10 rings (SSSR count). The molecule has 4 aromatic heterocycles. The zero-order valence-corrected chi connectivity index (χ0v) is 67.6. The third-order valence-electron chi connectivity index (χ3n) is 19.7. The number of hydrogen-bond donors (Lipinski definition) is 4. The Balaban J connectivity index is 0.000000218. The Morgan fingerprint density at radius 2 is 1.18 bits per heavy atom. The number of Topliss-reactive ketones (excluding diaryl/α,β-unsaturated/α-hetero) is 2. The second-order valence-corrected chi connectivity index (χ2v) is 34.1. The minimum atomic E-state index is -0.969. The van der Waals surface area contributed by atoms with E-state index < -0.39 is 75.3 Å². The highest BCUT2D eigenvalue weighted by Crippen LogP contribution is 2.58. The Morgan fingerprint density at radius 3 is 1.68 bits per heavy atom. The number of nitrogens with zero attached hydrogens (tertiary/aromatic N) is 5. The summed E-state index contributed by atoms with van der Waals surface area (Å²) in [6.07, 6.45) is 4.55. The third kappa shape index (κ3) is 21.2. The average Bonchev–Trinajstić information content (AvgIpc) is 1.60. The Hall–Kier alpha value is -8.63. The predicted molar refractivity (Wildman–Crippen MR) is 420 cm³/mol. The van der Waals surface area contributed by atoms with Gasteiger partial charge in [0, 0.05) is 97.9 Å². The van der Waals surface area contributed by atoms with Crippen LogP contribution in [0.1, 0.15) is 142 Å². The van der Waals surface area contributed by atoms with Crippen LogP contribution < -0.4 is 36.0 Å². The van der Waals surface area contributed by atoms with Crippen LogP contribution in [0.2, 0.25) is 0 Å². The summed E-state index contributed by atoms with van der Waals surface area (Å²) in [5, 5.41) is 13.4. The normalized spacial score (nSPS) is 21.5. The van der Waals surface area contributed by atoms with E-state index in [1.54, 1.807) is 70.2 Å². The molecule has 2 aliphatic carbocycles. The topological polar surface area (TPSA) is 321 Å². The van der Waals surface area contributed by atoms with Crippen molar-refractivity contribution in [1.29, 1.82) is 0 Å². The van der Waals surface area contributed by atoms with Crippen molar-refractivity contribution in [3.8, 4) is 40.0 Å². The zero-order chi connectivity index (χ0) is 79.5. The van der Waals surface area contributed by atoms with Gasteiger partial charge < -0.3 is 69.0 Å². The van der Waals surface area contributed by atoms with Gasteiger partial charge in [0.1, 0.15) is 47.9 Å². The smallest absolute Gasteiger partial charge is 0.312 e. The molecule has 0 bridgehead atoms. The number of anilines is 2. The van der Waals surface area contributed by atoms with Crippen molar-refractivity contribution in [2.75, 3.05) is 78.6 Å². The number of rotatable bonds is 30. The molecule has 0 unspecified atom stereocenters. The highest BCUT2D eigenvalue weighted by atomic mass is 32.1. The number of ketones is 2. The van der Waals surface area contributed by atoms with Crippen LogP contribution >= 0.6 is 22.7 Å². The molecule has 25 nitrogen and oxygen atoms in total. The fraction of sp³-hybridized carbons (Fsp3) is 0.568. The summed E-state index contributed by atoms with van der Waals surface area (Å²) in [5.41, 5.74) is 6.99. The van der Waals surface area contributed by atoms with Crippen LogP contribution in [0.3, 0.4) is 0 Å². The quantitative estimate of drug-likeness (QED) is 0.0141. The third-order valence-corrected chi connectivity index (χ3v) is 21.3. The van der Waals surface area contributed by atoms with Crippen LogP contribution in [0.4, 0.5) is 10.3 Å². The Labute approximate surface area is 642 Å². The van der Waals surface area contributed by atoms with Gasteiger partial charge in [0.05, 0.1) is 103 Å². The number of allylic oxidation sites excluding steroid dienone is 2. The van der Waals surface area contributed by atoms with Gasteiger partial charge in [-0.2, -0.15) is 0 Å². The summed E-state index contributed by atoms with van der Waals surface area (Å²) >= 11 is 3.00. The number of carbonyl (C=O) groups is 7. The number of aromatic nitrogens is 4. The van der Waals surface area contributed by atoms with E-state index in [1.807, 2.05) is 103 Å². The van der Waals surface area contributed by atoms with E-state index >= 15 is 0 Å². The van der Waals surface area contributed by atoms with Gasteiger partial charge in [-0.1, -0.05) is 60.6 Å². The van der Waals surface area contributed by atoms with E-state index in [0.29, 0.717) is 104 Å². The minimum Gasteiger partial charge on any atom is -0.491 e. The van der Waals surface area contributed by atoms with Crippen molar-refractivity contribution in [3.63, 3.8) is 0 Å². The van der Waals surface area contributed by atoms with Crippen molar-refractivity contribution < 1.29 is 71.5 Å². The molecule has 2 aromatic carbocycles. The van der Waals surface area contributed by atoms with E-state index in [1.165, 1.54) is 41.8 Å². The fourth-order valence-corrected chi connectivity index (χ4v) is 15.4. The number of hydrogen-bond acceptors (Lipinski definition) is 24. The number of ether oxygens (including phenoxy) is 8. The maximum atomic E-state index is 14.1. The second-order valence-electron chi connectivity index (χ2n) is 32.4. The van der Waals surface area contributed by atoms with Crippen molar-refractivity contribution >= 4 is 96.0 Å². The first kappa shape index (κ1) is 85.0. The predicted octanol–water partition coefficient (Wildman–Crippen LogP) is 12.7. The first-order valence-corrected chi connectivity index (χ1v) is 38.6. The molecule has 108 heavy (non-hydrogen) atoms. The molecule has 4 aliphatic rings. The van der Waals surface area contributed by atoms with E-state index in [9.17, 15) is 38.4 Å². The molecule has 4 fully saturated rings. The maximum absolute atomic E-state index is 14.1. The van der Waals surface area contributed by atoms with Crippen molar-refractivity contribution in [2.24, 2.45) is 51.1 Å². The number of benzene rings is 2. The number of methoxy groups -OCH3 is 4. The molecule has 0 spiro atoms. The molecule has 5 N–H and O–H groups in total. The van der Waals surface area contributed by atoms with E-state index in [-0.39, 0.29) is 84.8 Å². The van der Waals surface area contributed by atoms with Gasteiger partial charge >= 0.3 is 17.9 Å². The fourth-order valence-electron chi connectivity index (χ4n) is 13.7. The Kier molecular flexibility index (Phi) is 28.2. The average molecular weight is 1530 g/mol. The molecule has 27 heteroatoms. The lowest BCUT2D eigenvalue weighted by atomic mass is 9.77. The lowest BCUT2D eigenvalue weighted by Gasteiger charge is -2.35. The zero-order valence-electron chi connectivity index (χ0n) is 66.0. The van der Waals surface area contributed by atoms with Crippen molar-refractivity contribution in [2.45, 2.75) is 184 Å². The molecule has 2 amide bonds. The van der Waals surface area contributed by atoms with Crippen molar-refractivity contribution in [3.05, 3.63) is 94.8 Å². The van der Waals surface area contributed by atoms with Crippen LogP contribution in [0.25, 0.3) is 44.6 Å². The summed E-state index contributed by atoms with van der Waals surface area (Å²) in [4.78, 5) is 126. The highest BCUT2D eigenvalue weighted by Gasteiger charge is 2.63. The number of nitrogens with one attached hydrogen (secondary N) is 3. The largest absolute Gasteiger partial charge is 0.491 e. The minimum absolute atomic E-state index is 0.0315. The molecule has 6 heterocycles. The first-order valence-electron chi connectivity index (χ1n) is 36.8. The monoisotopic (exact) mass is 1530 g/mol. The molecule has 2 aliphatic heterocycles. The van der Waals surface area contributed by atoms with Crippen LogP contribution in [0.5, 0.6) is 17.2 Å². The number of pyridine rings is 2. The van der Waals surface area contributed by atoms with Crippen molar-refractivity contribution in [1.82, 2.24) is 29.7 Å². The second kappa shape index (κ2) is 35.8. The number of aromatic amines is 1. The molecule has 0 radical (unpaired) electrons. The van der Waals surface area contributed by atoms with Gasteiger partial charge in [-0.25, -0.2) is 15.0 Å². The molecule has 2 saturated carbocycles. The highest BCUT2D eigenvalue weighted by molar-refractivity contribution is 7.14. The van der Waals surface area contributed by atoms with Gasteiger partial charge in [-0.05, 0) is 121 Å². The van der Waals surface area contributed by atoms with Crippen LogP contribution in [0, 0.1) is 45.3 Å². The summed E-state index contributed by atoms with van der Waals surface area (Å²) in [7, 11) is 5.89. The van der Waals surface area contributed by atoms with Gasteiger partial charge in [-0.3, -0.25) is 38.4 Å². The molecule has 588 valence electrons. The lowest BCUT2D eigenvalue weighted by Crippen LogP contribution is -2.53. The number of amides is 2. The Morgan fingerprint density at radius 1 is 0.657 bits per heavy atom. The number of thiazole rings is 2. The first-order chi connectivity index (χ1) is 50.8. The van der Waals surface area contributed by atoms with Gasteiger partial charge in [0.25, 0.3) is 0 Å². The molecular weight excluding hydrogens is 1420 g/mol. The van der Waals surface area contributed by atoms with Gasteiger partial charge in [0.2, 0.25) is 11.8 Å². The standard InChI is InChI=1S/C37H49N5O7S.C26H41NO6.C18H21N3O3S/c1-9-22-17-37(22,34(45)47-8)18-30(43)29-15-24(19-42(29)33(44)32(38)36(4,5)6)49-31-16-27(28-20-50-35(41-28)39-21(2)3)40-26-14-23(10-11-25(26)31)48-13-12-46-7;1-10-17-13-26(17,23(31)32-9)14-20(28)19-11-16(2)15-27(19)22(30)18(24(3,4)5)12-21(29)33-25(6,7)8;1-11(2)19-18-21-16(10-25-18)15-9-17(22)13-5-4-12(8-14(13)20-15)24-7-6-23-3/h9-11,14,16,20-22,24,29,32H,1,12-13,15,17-19,38H2,2-8H3,(H,39,41);10,16-19H,1,11-15H2,2-9H3;4-5,8-11H,6-7H2,1-3H3,(H,19,21)(H,20,22)/t22-,24-,29+,32-,37-;16-,17+,18+,19-,26+;/m10./s1.